The molecule has 0 radical (unpaired) electrons. The standard InChI is InChI=1S/C38H36Br2N2O4/c1-5-7-9-11-19(3)41-35(43)23-15-13-21-29-22(14-16-24(30(23)29)36(41)44)33-28(40)18-26-31-25(17-27(39)32(21)34(31)33)37(45)42(38(26)46)20(4)12-10-8-6-2/h13-20H,5-12H2,1-4H3. The van der Waals surface area contributed by atoms with Gasteiger partial charge >= 0.3 is 0 Å². The number of nitrogens with zero attached hydrogens (tertiary/aromatic N) is 2. The van der Waals surface area contributed by atoms with Crippen LogP contribution in [0, 0.1) is 0 Å². The second-order valence-electron chi connectivity index (χ2n) is 13.0. The highest BCUT2D eigenvalue weighted by atomic mass is 79.9. The smallest absolute Gasteiger partial charge is 0.261 e. The van der Waals surface area contributed by atoms with Crippen LogP contribution in [0.4, 0.5) is 0 Å². The molecule has 2 aliphatic heterocycles. The van der Waals surface area contributed by atoms with Crippen LogP contribution >= 0.6 is 31.9 Å². The highest BCUT2D eigenvalue weighted by Crippen LogP contribution is 2.50. The number of hydrogen-bond donors (Lipinski definition) is 0. The van der Waals surface area contributed by atoms with E-state index in [-0.39, 0.29) is 35.7 Å². The Kier molecular flexibility index (Phi) is 7.95. The molecule has 0 bridgehead atoms. The van der Waals surface area contributed by atoms with Gasteiger partial charge in [0.15, 0.2) is 0 Å². The zero-order valence-electron chi connectivity index (χ0n) is 26.6. The average molecular weight is 745 g/mol. The third-order valence-electron chi connectivity index (χ3n) is 10.1. The van der Waals surface area contributed by atoms with E-state index in [1.165, 1.54) is 9.80 Å². The first kappa shape index (κ1) is 31.3. The van der Waals surface area contributed by atoms with E-state index in [1.54, 1.807) is 0 Å². The van der Waals surface area contributed by atoms with Crippen LogP contribution < -0.4 is 0 Å². The molecule has 0 aromatic heterocycles. The predicted molar refractivity (Wildman–Crippen MR) is 191 cm³/mol. The summed E-state index contributed by atoms with van der Waals surface area (Å²) in [5.41, 5.74) is 2.06. The summed E-state index contributed by atoms with van der Waals surface area (Å²) in [6.45, 7) is 8.19. The van der Waals surface area contributed by atoms with Gasteiger partial charge in [-0.15, -0.1) is 0 Å². The molecule has 2 unspecified atom stereocenters. The SMILES string of the molecule is CCCCCC(C)N1C(=O)c2ccc3c4c(Br)cc5c6c(cc(Br)c(c7ccc(c2c37)C1=O)c64)C(=O)N(C(C)CCCCC)C5=O. The molecule has 2 heterocycles. The molecule has 2 aliphatic rings. The van der Waals surface area contributed by atoms with Crippen LogP contribution in [0.2, 0.25) is 0 Å². The lowest BCUT2D eigenvalue weighted by molar-refractivity contribution is 0.0526. The largest absolute Gasteiger partial charge is 0.272 e. The molecule has 6 nitrogen and oxygen atoms in total. The van der Waals surface area contributed by atoms with Gasteiger partial charge in [0, 0.05) is 70.2 Å². The van der Waals surface area contributed by atoms with Crippen LogP contribution in [0.1, 0.15) is 120 Å². The minimum atomic E-state index is -0.276. The lowest BCUT2D eigenvalue weighted by atomic mass is 9.82. The number of carbonyl (C=O) groups is 4. The maximum atomic E-state index is 14.1. The van der Waals surface area contributed by atoms with Crippen molar-refractivity contribution in [2.75, 3.05) is 0 Å². The Labute approximate surface area is 285 Å². The lowest BCUT2D eigenvalue weighted by Crippen LogP contribution is -2.46. The van der Waals surface area contributed by atoms with Crippen LogP contribution in [0.15, 0.2) is 45.3 Å². The fraction of sp³-hybridized carbons (Fsp3) is 0.368. The van der Waals surface area contributed by atoms with Gasteiger partial charge in [-0.1, -0.05) is 96.4 Å². The van der Waals surface area contributed by atoms with E-state index < -0.39 is 0 Å². The van der Waals surface area contributed by atoms with E-state index in [9.17, 15) is 19.2 Å². The average Bonchev–Trinajstić information content (AvgIpc) is 3.03. The second kappa shape index (κ2) is 11.7. The first-order chi connectivity index (χ1) is 22.1. The summed E-state index contributed by atoms with van der Waals surface area (Å²) in [5.74, 6) is -1.07. The molecule has 7 rings (SSSR count). The maximum absolute atomic E-state index is 14.1. The van der Waals surface area contributed by atoms with E-state index in [2.05, 4.69) is 45.7 Å². The van der Waals surface area contributed by atoms with Crippen LogP contribution in [0.5, 0.6) is 0 Å². The first-order valence-corrected chi connectivity index (χ1v) is 18.1. The van der Waals surface area contributed by atoms with Crippen LogP contribution in [0.25, 0.3) is 43.1 Å². The maximum Gasteiger partial charge on any atom is 0.261 e. The third kappa shape index (κ3) is 4.39. The zero-order chi connectivity index (χ0) is 32.6. The van der Waals surface area contributed by atoms with Gasteiger partial charge in [-0.05, 0) is 67.1 Å². The van der Waals surface area contributed by atoms with Gasteiger partial charge in [-0.3, -0.25) is 29.0 Å². The van der Waals surface area contributed by atoms with Crippen molar-refractivity contribution in [2.45, 2.75) is 91.1 Å². The van der Waals surface area contributed by atoms with E-state index in [0.717, 1.165) is 92.6 Å². The summed E-state index contributed by atoms with van der Waals surface area (Å²) in [4.78, 5) is 58.9. The van der Waals surface area contributed by atoms with E-state index in [4.69, 9.17) is 0 Å². The molecule has 0 N–H and O–H groups in total. The number of carbonyl (C=O) groups excluding carboxylic acids is 4. The van der Waals surface area contributed by atoms with Gasteiger partial charge in [-0.25, -0.2) is 0 Å². The molecule has 0 fully saturated rings. The highest BCUT2D eigenvalue weighted by molar-refractivity contribution is 9.11. The van der Waals surface area contributed by atoms with Crippen molar-refractivity contribution in [1.82, 2.24) is 9.80 Å². The first-order valence-electron chi connectivity index (χ1n) is 16.5. The van der Waals surface area contributed by atoms with Gasteiger partial charge in [0.05, 0.1) is 0 Å². The minimum Gasteiger partial charge on any atom is -0.272 e. The van der Waals surface area contributed by atoms with Gasteiger partial charge in [0.25, 0.3) is 23.6 Å². The summed E-state index contributed by atoms with van der Waals surface area (Å²) in [5, 5.41) is 6.42. The van der Waals surface area contributed by atoms with Crippen LogP contribution in [0.3, 0.4) is 0 Å². The third-order valence-corrected chi connectivity index (χ3v) is 11.4. The molecule has 46 heavy (non-hydrogen) atoms. The molecular formula is C38H36Br2N2O4. The molecule has 5 aromatic carbocycles. The Hall–Kier alpha value is -3.36. The van der Waals surface area contributed by atoms with Crippen molar-refractivity contribution in [3.8, 4) is 0 Å². The monoisotopic (exact) mass is 742 g/mol. The topological polar surface area (TPSA) is 74.8 Å². The molecule has 236 valence electrons. The molecule has 4 amide bonds. The quantitative estimate of drug-likeness (QED) is 0.0618. The summed E-state index contributed by atoms with van der Waals surface area (Å²) in [6, 6.07) is 10.8. The predicted octanol–water partition coefficient (Wildman–Crippen LogP) is 10.4. The Bertz CT molecular complexity index is 2010. The summed E-state index contributed by atoms with van der Waals surface area (Å²) in [7, 11) is 0. The van der Waals surface area contributed by atoms with Crippen LogP contribution in [-0.2, 0) is 0 Å². The van der Waals surface area contributed by atoms with Crippen molar-refractivity contribution < 1.29 is 19.2 Å². The fourth-order valence-electron chi connectivity index (χ4n) is 7.84. The number of fused-ring (bicyclic) bond motifs is 2. The number of benzene rings is 5. The lowest BCUT2D eigenvalue weighted by Gasteiger charge is -2.34. The van der Waals surface area contributed by atoms with Gasteiger partial charge in [0.2, 0.25) is 0 Å². The molecule has 8 heteroatoms. The minimum absolute atomic E-state index is 0.203. The zero-order valence-corrected chi connectivity index (χ0v) is 29.7. The number of hydrogen-bond acceptors (Lipinski definition) is 4. The van der Waals surface area contributed by atoms with Gasteiger partial charge in [0.1, 0.15) is 0 Å². The summed E-state index contributed by atoms with van der Waals surface area (Å²) < 4.78 is 1.46. The molecule has 0 saturated heterocycles. The Balaban J connectivity index is 1.47. The van der Waals surface area contributed by atoms with Crippen molar-refractivity contribution in [1.29, 1.82) is 0 Å². The number of rotatable bonds is 10. The molecule has 0 spiro atoms. The fourth-order valence-corrected chi connectivity index (χ4v) is 9.13. The molecule has 2 atom stereocenters. The Morgan fingerprint density at radius 2 is 0.913 bits per heavy atom. The highest BCUT2D eigenvalue weighted by Gasteiger charge is 2.40. The van der Waals surface area contributed by atoms with Crippen molar-refractivity contribution in [3.05, 3.63) is 67.6 Å². The number of imide groups is 2. The Morgan fingerprint density at radius 3 is 1.33 bits per heavy atom. The summed E-state index contributed by atoms with van der Waals surface area (Å²) in [6.07, 6.45) is 7.70. The number of halogens is 2. The van der Waals surface area contributed by atoms with E-state index >= 15 is 0 Å². The van der Waals surface area contributed by atoms with Crippen LogP contribution in [-0.4, -0.2) is 45.5 Å². The van der Waals surface area contributed by atoms with E-state index in [1.807, 2.05) is 50.2 Å². The normalized spacial score (nSPS) is 16.2. The molecule has 0 saturated carbocycles. The molecule has 5 aromatic rings. The Morgan fingerprint density at radius 1 is 0.522 bits per heavy atom. The second-order valence-corrected chi connectivity index (χ2v) is 14.7. The summed E-state index contributed by atoms with van der Waals surface area (Å²) >= 11 is 7.63. The van der Waals surface area contributed by atoms with Gasteiger partial charge < -0.3 is 0 Å². The molecular weight excluding hydrogens is 708 g/mol. The molecule has 0 aliphatic carbocycles. The van der Waals surface area contributed by atoms with Crippen molar-refractivity contribution in [2.24, 2.45) is 0 Å². The van der Waals surface area contributed by atoms with Crippen molar-refractivity contribution >= 4 is 98.6 Å². The number of unbranched alkanes of at least 4 members (excludes halogenated alkanes) is 4. The van der Waals surface area contributed by atoms with Crippen molar-refractivity contribution in [3.63, 3.8) is 0 Å². The van der Waals surface area contributed by atoms with Gasteiger partial charge in [-0.2, -0.15) is 0 Å². The van der Waals surface area contributed by atoms with E-state index in [0.29, 0.717) is 33.0 Å². The number of amides is 4.